The van der Waals surface area contributed by atoms with Gasteiger partial charge in [-0.25, -0.2) is 9.97 Å². The van der Waals surface area contributed by atoms with Crippen molar-refractivity contribution in [3.63, 3.8) is 0 Å². The highest BCUT2D eigenvalue weighted by Gasteiger charge is 2.25. The van der Waals surface area contributed by atoms with Crippen molar-refractivity contribution in [2.24, 2.45) is 0 Å². The molecule has 0 amide bonds. The van der Waals surface area contributed by atoms with Gasteiger partial charge in [0.1, 0.15) is 17.8 Å². The highest BCUT2D eigenvalue weighted by Crippen LogP contribution is 2.38. The van der Waals surface area contributed by atoms with E-state index in [4.69, 9.17) is 0 Å². The molecule has 2 heterocycles. The van der Waals surface area contributed by atoms with E-state index < -0.39 is 0 Å². The van der Waals surface area contributed by atoms with E-state index in [2.05, 4.69) is 59.3 Å². The van der Waals surface area contributed by atoms with Crippen molar-refractivity contribution in [1.29, 1.82) is 0 Å². The van der Waals surface area contributed by atoms with Crippen LogP contribution in [-0.4, -0.2) is 53.7 Å². The van der Waals surface area contributed by atoms with E-state index in [1.54, 1.807) is 6.33 Å². The monoisotopic (exact) mass is 315 g/mol. The summed E-state index contributed by atoms with van der Waals surface area (Å²) in [6.45, 7) is 6.43. The number of rotatable bonds is 5. The van der Waals surface area contributed by atoms with Crippen LogP contribution in [0.1, 0.15) is 43.0 Å². The van der Waals surface area contributed by atoms with Gasteiger partial charge in [-0.2, -0.15) is 0 Å². The van der Waals surface area contributed by atoms with E-state index in [1.807, 2.05) is 0 Å². The molecule has 0 N–H and O–H groups in total. The fraction of sp³-hybridized carbons (Fsp3) is 0.667. The Kier molecular flexibility index (Phi) is 4.57. The van der Waals surface area contributed by atoms with Gasteiger partial charge in [0.15, 0.2) is 0 Å². The van der Waals surface area contributed by atoms with Gasteiger partial charge in [-0.05, 0) is 46.3 Å². The van der Waals surface area contributed by atoms with Gasteiger partial charge in [-0.1, -0.05) is 12.8 Å². The SMILES string of the molecule is Cc1c(C)n(C2CCCC2)c2ncnc(N(C)CCN(C)C)c12. The van der Waals surface area contributed by atoms with E-state index in [0.29, 0.717) is 6.04 Å². The summed E-state index contributed by atoms with van der Waals surface area (Å²) in [5.41, 5.74) is 3.81. The van der Waals surface area contributed by atoms with Gasteiger partial charge in [-0.15, -0.1) is 0 Å². The van der Waals surface area contributed by atoms with Gasteiger partial charge in [0.2, 0.25) is 0 Å². The summed E-state index contributed by atoms with van der Waals surface area (Å²) in [6, 6.07) is 0.612. The zero-order valence-electron chi connectivity index (χ0n) is 15.1. The Labute approximate surface area is 139 Å². The molecule has 1 saturated carbocycles. The van der Waals surface area contributed by atoms with Gasteiger partial charge in [-0.3, -0.25) is 0 Å². The Bertz CT molecular complexity index is 682. The lowest BCUT2D eigenvalue weighted by molar-refractivity contribution is 0.416. The molecular weight excluding hydrogens is 286 g/mol. The van der Waals surface area contributed by atoms with Crippen LogP contribution in [0, 0.1) is 13.8 Å². The summed E-state index contributed by atoms with van der Waals surface area (Å²) in [6.07, 6.45) is 6.96. The maximum atomic E-state index is 4.66. The Morgan fingerprint density at radius 1 is 1.09 bits per heavy atom. The second-order valence-corrected chi connectivity index (χ2v) is 7.14. The number of fused-ring (bicyclic) bond motifs is 1. The second kappa shape index (κ2) is 6.48. The number of likely N-dealkylation sites (N-methyl/N-ethyl adjacent to an activating group) is 2. The minimum Gasteiger partial charge on any atom is -0.358 e. The van der Waals surface area contributed by atoms with E-state index in [1.165, 1.54) is 42.3 Å². The topological polar surface area (TPSA) is 37.2 Å². The van der Waals surface area contributed by atoms with Crippen LogP contribution in [0.4, 0.5) is 5.82 Å². The highest BCUT2D eigenvalue weighted by atomic mass is 15.2. The Balaban J connectivity index is 2.05. The van der Waals surface area contributed by atoms with Crippen molar-refractivity contribution in [3.05, 3.63) is 17.6 Å². The first-order chi connectivity index (χ1) is 11.0. The third-order valence-corrected chi connectivity index (χ3v) is 5.25. The summed E-state index contributed by atoms with van der Waals surface area (Å²) >= 11 is 0. The van der Waals surface area contributed by atoms with E-state index in [0.717, 1.165) is 24.6 Å². The lowest BCUT2D eigenvalue weighted by Crippen LogP contribution is -2.29. The second-order valence-electron chi connectivity index (χ2n) is 7.14. The molecule has 2 aromatic heterocycles. The molecular formula is C18H29N5. The first-order valence-electron chi connectivity index (χ1n) is 8.68. The van der Waals surface area contributed by atoms with Crippen molar-refractivity contribution in [1.82, 2.24) is 19.4 Å². The Morgan fingerprint density at radius 3 is 2.43 bits per heavy atom. The van der Waals surface area contributed by atoms with Gasteiger partial charge in [0, 0.05) is 31.9 Å². The molecule has 0 saturated heterocycles. The lowest BCUT2D eigenvalue weighted by Gasteiger charge is -2.21. The lowest BCUT2D eigenvalue weighted by atomic mass is 10.2. The first kappa shape index (κ1) is 16.2. The molecule has 0 unspecified atom stereocenters. The zero-order valence-corrected chi connectivity index (χ0v) is 15.1. The summed E-state index contributed by atoms with van der Waals surface area (Å²) in [5, 5.41) is 1.23. The molecule has 2 aromatic rings. The predicted octanol–water partition coefficient (Wildman–Crippen LogP) is 3.16. The maximum Gasteiger partial charge on any atom is 0.146 e. The normalized spacial score (nSPS) is 15.9. The maximum absolute atomic E-state index is 4.66. The average Bonchev–Trinajstić information content (AvgIpc) is 3.13. The number of nitrogens with zero attached hydrogens (tertiary/aromatic N) is 5. The Hall–Kier alpha value is -1.62. The fourth-order valence-electron chi connectivity index (χ4n) is 3.76. The number of hydrogen-bond acceptors (Lipinski definition) is 4. The van der Waals surface area contributed by atoms with Gasteiger partial charge >= 0.3 is 0 Å². The summed E-state index contributed by atoms with van der Waals surface area (Å²) in [5.74, 6) is 1.06. The molecule has 0 radical (unpaired) electrons. The van der Waals surface area contributed by atoms with Crippen LogP contribution < -0.4 is 4.90 Å². The largest absolute Gasteiger partial charge is 0.358 e. The van der Waals surface area contributed by atoms with Crippen LogP contribution >= 0.6 is 0 Å². The number of aryl methyl sites for hydroxylation is 1. The smallest absolute Gasteiger partial charge is 0.146 e. The molecule has 1 aliphatic carbocycles. The van der Waals surface area contributed by atoms with Crippen LogP contribution in [0.5, 0.6) is 0 Å². The Morgan fingerprint density at radius 2 is 1.78 bits per heavy atom. The van der Waals surface area contributed by atoms with Crippen LogP contribution in [0.2, 0.25) is 0 Å². The summed E-state index contributed by atoms with van der Waals surface area (Å²) in [7, 11) is 6.34. The molecule has 1 aliphatic rings. The van der Waals surface area contributed by atoms with Gasteiger partial charge < -0.3 is 14.4 Å². The van der Waals surface area contributed by atoms with Crippen LogP contribution in [0.25, 0.3) is 11.0 Å². The molecule has 5 heteroatoms. The van der Waals surface area contributed by atoms with Crippen molar-refractivity contribution in [2.45, 2.75) is 45.6 Å². The van der Waals surface area contributed by atoms with E-state index >= 15 is 0 Å². The molecule has 1 fully saturated rings. The van der Waals surface area contributed by atoms with Crippen LogP contribution in [0.15, 0.2) is 6.33 Å². The number of anilines is 1. The van der Waals surface area contributed by atoms with Crippen molar-refractivity contribution < 1.29 is 0 Å². The van der Waals surface area contributed by atoms with Crippen molar-refractivity contribution >= 4 is 16.9 Å². The molecule has 0 aliphatic heterocycles. The van der Waals surface area contributed by atoms with E-state index in [-0.39, 0.29) is 0 Å². The van der Waals surface area contributed by atoms with Crippen molar-refractivity contribution in [3.8, 4) is 0 Å². The molecule has 0 aromatic carbocycles. The summed E-state index contributed by atoms with van der Waals surface area (Å²) < 4.78 is 2.47. The third-order valence-electron chi connectivity index (χ3n) is 5.25. The third kappa shape index (κ3) is 2.94. The fourth-order valence-corrected chi connectivity index (χ4v) is 3.76. The molecule has 126 valence electrons. The minimum atomic E-state index is 0.612. The minimum absolute atomic E-state index is 0.612. The van der Waals surface area contributed by atoms with Crippen LogP contribution in [0.3, 0.4) is 0 Å². The molecule has 0 bridgehead atoms. The van der Waals surface area contributed by atoms with E-state index in [9.17, 15) is 0 Å². The first-order valence-corrected chi connectivity index (χ1v) is 8.68. The predicted molar refractivity (Wildman–Crippen MR) is 96.3 cm³/mol. The van der Waals surface area contributed by atoms with Gasteiger partial charge in [0.05, 0.1) is 5.39 Å². The molecule has 0 spiro atoms. The summed E-state index contributed by atoms with van der Waals surface area (Å²) in [4.78, 5) is 13.7. The van der Waals surface area contributed by atoms with Crippen molar-refractivity contribution in [2.75, 3.05) is 39.1 Å². The van der Waals surface area contributed by atoms with Gasteiger partial charge in [0.25, 0.3) is 0 Å². The molecule has 5 nitrogen and oxygen atoms in total. The molecule has 23 heavy (non-hydrogen) atoms. The quantitative estimate of drug-likeness (QED) is 0.849. The van der Waals surface area contributed by atoms with Crippen LogP contribution in [-0.2, 0) is 0 Å². The zero-order chi connectivity index (χ0) is 16.6. The molecule has 0 atom stereocenters. The number of aromatic nitrogens is 3. The number of hydrogen-bond donors (Lipinski definition) is 0. The molecule has 3 rings (SSSR count). The average molecular weight is 315 g/mol. The standard InChI is InChI=1S/C18H29N5/c1-13-14(2)23(15-8-6-7-9-15)18-16(13)17(19-12-20-18)22(5)11-10-21(3)4/h12,15H,6-11H2,1-5H3. The highest BCUT2D eigenvalue weighted by molar-refractivity contribution is 5.92.